The highest BCUT2D eigenvalue weighted by Crippen LogP contribution is 2.08. The van der Waals surface area contributed by atoms with Gasteiger partial charge >= 0.3 is 0 Å². The van der Waals surface area contributed by atoms with Crippen molar-refractivity contribution in [2.75, 3.05) is 13.6 Å². The number of hydrogen-bond donors (Lipinski definition) is 0. The Kier molecular flexibility index (Phi) is 4.84. The smallest absolute Gasteiger partial charge is 0.129 e. The number of nitrogens with zero attached hydrogens (tertiary/aromatic N) is 2. The van der Waals surface area contributed by atoms with Gasteiger partial charge in [0.15, 0.2) is 0 Å². The molecular weight excluding hydrogens is 203 g/mol. The molecule has 0 aromatic carbocycles. The van der Waals surface area contributed by atoms with E-state index < -0.39 is 0 Å². The number of unbranched alkanes of at least 4 members (excludes halogenated alkanes) is 1. The molecule has 0 aliphatic heterocycles. The average Bonchev–Trinajstić information content (AvgIpc) is 2.15. The van der Waals surface area contributed by atoms with E-state index in [1.165, 1.54) is 7.05 Å². The summed E-state index contributed by atoms with van der Waals surface area (Å²) in [6.45, 7) is 0.487. The van der Waals surface area contributed by atoms with Crippen molar-refractivity contribution in [3.8, 4) is 0 Å². The van der Waals surface area contributed by atoms with Crippen LogP contribution < -0.4 is 0 Å². The van der Waals surface area contributed by atoms with E-state index in [1.54, 1.807) is 12.3 Å². The van der Waals surface area contributed by atoms with Gasteiger partial charge in [0.2, 0.25) is 0 Å². The second kappa shape index (κ2) is 5.94. The highest BCUT2D eigenvalue weighted by Gasteiger charge is 1.96. The molecule has 0 spiro atoms. The van der Waals surface area contributed by atoms with E-state index in [1.807, 2.05) is 6.07 Å². The Hall–Kier alpha value is -0.670. The fourth-order valence-electron chi connectivity index (χ4n) is 1.21. The predicted molar refractivity (Wildman–Crippen MR) is 55.9 cm³/mol. The number of hydrogen-bond acceptors (Lipinski definition) is 2. The second-order valence-corrected chi connectivity index (χ2v) is 3.66. The first-order valence-electron chi connectivity index (χ1n) is 4.66. The molecule has 2 nitrogen and oxygen atoms in total. The second-order valence-electron chi connectivity index (χ2n) is 3.27. The van der Waals surface area contributed by atoms with E-state index in [-0.39, 0.29) is 0 Å². The largest absolute Gasteiger partial charge is 0.244 e. The molecule has 0 aliphatic carbocycles. The van der Waals surface area contributed by atoms with Crippen molar-refractivity contribution < 1.29 is 4.48 Å². The molecule has 0 atom stereocenters. The lowest BCUT2D eigenvalue weighted by Gasteiger charge is -2.04. The maximum atomic E-state index is 12.3. The monoisotopic (exact) mass is 216 g/mol. The van der Waals surface area contributed by atoms with Crippen LogP contribution in [0.1, 0.15) is 18.4 Å². The molecule has 0 unspecified atom stereocenters. The Morgan fingerprint density at radius 1 is 1.43 bits per heavy atom. The zero-order valence-corrected chi connectivity index (χ0v) is 8.97. The Balaban J connectivity index is 2.21. The van der Waals surface area contributed by atoms with E-state index >= 15 is 0 Å². The number of halogens is 2. The number of aryl methyl sites for hydroxylation is 1. The number of rotatable bonds is 5. The van der Waals surface area contributed by atoms with Gasteiger partial charge in [-0.25, -0.2) is 4.98 Å². The van der Waals surface area contributed by atoms with Crippen molar-refractivity contribution in [3.63, 3.8) is 0 Å². The molecule has 1 heterocycles. The van der Waals surface area contributed by atoms with Gasteiger partial charge in [-0.05, 0) is 30.9 Å². The van der Waals surface area contributed by atoms with Crippen LogP contribution in [0.3, 0.4) is 0 Å². The van der Waals surface area contributed by atoms with E-state index in [9.17, 15) is 4.48 Å². The fourth-order valence-corrected chi connectivity index (χ4v) is 1.32. The summed E-state index contributed by atoms with van der Waals surface area (Å²) in [5.41, 5.74) is 1.15. The van der Waals surface area contributed by atoms with Crippen LogP contribution in [0.5, 0.6) is 0 Å². The van der Waals surface area contributed by atoms with Gasteiger partial charge in [-0.15, -0.1) is 9.60 Å². The average molecular weight is 217 g/mol. The number of aromatic nitrogens is 1. The first-order valence-corrected chi connectivity index (χ1v) is 5.03. The zero-order valence-electron chi connectivity index (χ0n) is 8.21. The zero-order chi connectivity index (χ0) is 10.4. The summed E-state index contributed by atoms with van der Waals surface area (Å²) in [5, 5.41) is 1.22. The molecule has 0 radical (unpaired) electrons. The van der Waals surface area contributed by atoms with Gasteiger partial charge in [0.05, 0.1) is 0 Å². The van der Waals surface area contributed by atoms with Crippen molar-refractivity contribution in [2.45, 2.75) is 19.3 Å². The lowest BCUT2D eigenvalue weighted by Crippen LogP contribution is -2.07. The van der Waals surface area contributed by atoms with Gasteiger partial charge < -0.3 is 0 Å². The molecule has 78 valence electrons. The van der Waals surface area contributed by atoms with Crippen molar-refractivity contribution in [2.24, 2.45) is 0 Å². The molecule has 0 bridgehead atoms. The summed E-state index contributed by atoms with van der Waals surface area (Å²) in [6.07, 6.45) is 4.52. The summed E-state index contributed by atoms with van der Waals surface area (Å²) < 4.78 is 12.3. The van der Waals surface area contributed by atoms with Crippen LogP contribution in [0.15, 0.2) is 18.3 Å². The predicted octanol–water partition coefficient (Wildman–Crippen LogP) is 2.87. The molecule has 1 rings (SSSR count). The molecular formula is C10H14ClFN2. The third kappa shape index (κ3) is 4.53. The van der Waals surface area contributed by atoms with Crippen LogP contribution in [-0.2, 0) is 6.42 Å². The van der Waals surface area contributed by atoms with Gasteiger partial charge in [-0.2, -0.15) is 0 Å². The first kappa shape index (κ1) is 11.4. The Morgan fingerprint density at radius 3 is 2.79 bits per heavy atom. The van der Waals surface area contributed by atoms with E-state index in [2.05, 4.69) is 4.98 Å². The maximum absolute atomic E-state index is 12.3. The molecule has 1 aromatic heterocycles. The number of pyridine rings is 1. The molecule has 0 saturated carbocycles. The van der Waals surface area contributed by atoms with Gasteiger partial charge in [-0.3, -0.25) is 0 Å². The topological polar surface area (TPSA) is 16.1 Å². The van der Waals surface area contributed by atoms with Gasteiger partial charge in [0, 0.05) is 19.8 Å². The summed E-state index contributed by atoms with van der Waals surface area (Å²) >= 11 is 5.65. The summed E-state index contributed by atoms with van der Waals surface area (Å²) in [4.78, 5) is 3.97. The summed E-state index contributed by atoms with van der Waals surface area (Å²) in [5.74, 6) is 0. The minimum absolute atomic E-state index is 0.487. The Morgan fingerprint density at radius 2 is 2.21 bits per heavy atom. The molecule has 0 aliphatic rings. The van der Waals surface area contributed by atoms with Crippen LogP contribution in [0.4, 0.5) is 4.48 Å². The summed E-state index contributed by atoms with van der Waals surface area (Å²) in [7, 11) is 1.43. The van der Waals surface area contributed by atoms with E-state index in [0.29, 0.717) is 16.8 Å². The minimum Gasteiger partial charge on any atom is -0.244 e. The molecule has 14 heavy (non-hydrogen) atoms. The van der Waals surface area contributed by atoms with Crippen LogP contribution in [0, 0.1) is 0 Å². The van der Waals surface area contributed by atoms with Gasteiger partial charge in [-0.1, -0.05) is 17.7 Å². The molecule has 0 N–H and O–H groups in total. The normalized spacial score (nSPS) is 10.9. The maximum Gasteiger partial charge on any atom is 0.129 e. The van der Waals surface area contributed by atoms with Gasteiger partial charge in [0.25, 0.3) is 0 Å². The standard InChI is InChI=1S/C10H14ClFN2/c1-14(12)7-3-2-4-9-5-6-10(11)13-8-9/h5-6,8H,2-4,7H2,1H3. The third-order valence-electron chi connectivity index (χ3n) is 1.97. The van der Waals surface area contributed by atoms with Crippen molar-refractivity contribution in [3.05, 3.63) is 29.0 Å². The van der Waals surface area contributed by atoms with Crippen LogP contribution in [-0.4, -0.2) is 23.7 Å². The third-order valence-corrected chi connectivity index (χ3v) is 2.19. The molecule has 0 saturated heterocycles. The lowest BCUT2D eigenvalue weighted by atomic mass is 10.1. The molecule has 0 fully saturated rings. The molecule has 0 amide bonds. The lowest BCUT2D eigenvalue weighted by molar-refractivity contribution is 0.0582. The summed E-state index contributed by atoms with van der Waals surface area (Å²) in [6, 6.07) is 3.73. The van der Waals surface area contributed by atoms with Crippen LogP contribution in [0.2, 0.25) is 5.15 Å². The van der Waals surface area contributed by atoms with E-state index in [0.717, 1.165) is 24.8 Å². The minimum atomic E-state index is 0.487. The first-order chi connectivity index (χ1) is 6.68. The van der Waals surface area contributed by atoms with Crippen molar-refractivity contribution in [1.82, 2.24) is 10.1 Å². The molecule has 4 heteroatoms. The highest BCUT2D eigenvalue weighted by atomic mass is 35.5. The van der Waals surface area contributed by atoms with Gasteiger partial charge in [0.1, 0.15) is 5.15 Å². The Bertz CT molecular complexity index is 261. The van der Waals surface area contributed by atoms with Crippen molar-refractivity contribution >= 4 is 11.6 Å². The highest BCUT2D eigenvalue weighted by molar-refractivity contribution is 6.29. The SMILES string of the molecule is CN(F)CCCCc1ccc(Cl)nc1. The fraction of sp³-hybridized carbons (Fsp3) is 0.500. The van der Waals surface area contributed by atoms with E-state index in [4.69, 9.17) is 11.6 Å². The van der Waals surface area contributed by atoms with Crippen LogP contribution in [0.25, 0.3) is 0 Å². The Labute approximate surface area is 88.6 Å². The quantitative estimate of drug-likeness (QED) is 0.428. The van der Waals surface area contributed by atoms with Crippen molar-refractivity contribution in [1.29, 1.82) is 0 Å². The molecule has 1 aromatic rings. The van der Waals surface area contributed by atoms with Crippen LogP contribution >= 0.6 is 11.6 Å².